The number of amides is 2. The van der Waals surface area contributed by atoms with Crippen molar-refractivity contribution in [3.05, 3.63) is 53.0 Å². The Hall–Kier alpha value is -3.22. The molecule has 7 nitrogen and oxygen atoms in total. The van der Waals surface area contributed by atoms with Crippen molar-refractivity contribution in [1.29, 1.82) is 0 Å². The van der Waals surface area contributed by atoms with Gasteiger partial charge in [0.2, 0.25) is 0 Å². The third kappa shape index (κ3) is 5.64. The zero-order chi connectivity index (χ0) is 19.8. The van der Waals surface area contributed by atoms with Gasteiger partial charge in [0, 0.05) is 6.08 Å². The van der Waals surface area contributed by atoms with E-state index in [1.54, 1.807) is 45.2 Å². The number of methoxy groups -OCH3 is 1. The van der Waals surface area contributed by atoms with Crippen LogP contribution < -0.4 is 20.3 Å². The summed E-state index contributed by atoms with van der Waals surface area (Å²) >= 11 is 0. The molecule has 0 aliphatic heterocycles. The monoisotopic (exact) mass is 372 g/mol. The summed E-state index contributed by atoms with van der Waals surface area (Å²) in [5.41, 5.74) is 5.82. The van der Waals surface area contributed by atoms with E-state index in [0.717, 1.165) is 12.0 Å². The number of carbonyl (C=O) groups is 2. The zero-order valence-corrected chi connectivity index (χ0v) is 15.9. The Morgan fingerprint density at radius 2 is 1.93 bits per heavy atom. The molecule has 0 saturated heterocycles. The maximum Gasteiger partial charge on any atom is 0.273 e. The normalized spacial score (nSPS) is 10.7. The summed E-state index contributed by atoms with van der Waals surface area (Å²) in [7, 11) is 1.56. The average Bonchev–Trinajstić information content (AvgIpc) is 3.01. The van der Waals surface area contributed by atoms with Crippen molar-refractivity contribution < 1.29 is 23.5 Å². The van der Waals surface area contributed by atoms with Gasteiger partial charge in [-0.05, 0) is 50.1 Å². The fourth-order valence-electron chi connectivity index (χ4n) is 2.37. The Balaban J connectivity index is 1.94. The highest BCUT2D eigenvalue weighted by atomic mass is 16.5. The molecule has 0 unspecified atom stereocenters. The molecule has 0 saturated carbocycles. The van der Waals surface area contributed by atoms with Crippen molar-refractivity contribution in [3.8, 4) is 11.5 Å². The Kier molecular flexibility index (Phi) is 7.05. The first-order valence-electron chi connectivity index (χ1n) is 8.60. The lowest BCUT2D eigenvalue weighted by Crippen LogP contribution is -2.40. The molecule has 2 rings (SSSR count). The number of aryl methyl sites for hydroxylation is 2. The molecule has 27 heavy (non-hydrogen) atoms. The van der Waals surface area contributed by atoms with Crippen molar-refractivity contribution >= 4 is 17.9 Å². The van der Waals surface area contributed by atoms with Gasteiger partial charge < -0.3 is 13.9 Å². The van der Waals surface area contributed by atoms with Gasteiger partial charge in [-0.1, -0.05) is 13.0 Å². The standard InChI is InChI=1S/C20H24N2O5/c1-5-10-26-17-8-6-15(12-18(17)25-4)7-9-19(23)21-22-20(24)16-11-13(2)27-14(16)3/h6-9,11-12H,5,10H2,1-4H3,(H,21,23)(H,22,24). The molecule has 1 heterocycles. The largest absolute Gasteiger partial charge is 0.493 e. The lowest BCUT2D eigenvalue weighted by molar-refractivity contribution is -0.117. The topological polar surface area (TPSA) is 89.8 Å². The van der Waals surface area contributed by atoms with Crippen molar-refractivity contribution in [2.45, 2.75) is 27.2 Å². The fourth-order valence-corrected chi connectivity index (χ4v) is 2.37. The Bertz CT molecular complexity index is 839. The Morgan fingerprint density at radius 1 is 1.15 bits per heavy atom. The van der Waals surface area contributed by atoms with Gasteiger partial charge in [0.05, 0.1) is 19.3 Å². The molecule has 0 aliphatic carbocycles. The first-order valence-corrected chi connectivity index (χ1v) is 8.60. The van der Waals surface area contributed by atoms with Gasteiger partial charge in [0.25, 0.3) is 11.8 Å². The number of furan rings is 1. The average molecular weight is 372 g/mol. The minimum atomic E-state index is -0.466. The van der Waals surface area contributed by atoms with Crippen LogP contribution in [-0.4, -0.2) is 25.5 Å². The quantitative estimate of drug-likeness (QED) is 0.576. The molecular formula is C20H24N2O5. The number of benzene rings is 1. The maximum absolute atomic E-state index is 12.0. The molecule has 2 aromatic rings. The lowest BCUT2D eigenvalue weighted by Gasteiger charge is -2.10. The SMILES string of the molecule is CCCOc1ccc(C=CC(=O)NNC(=O)c2cc(C)oc2C)cc1OC. The smallest absolute Gasteiger partial charge is 0.273 e. The second kappa shape index (κ2) is 9.47. The van der Waals surface area contributed by atoms with Crippen LogP contribution in [0.15, 0.2) is 34.8 Å². The lowest BCUT2D eigenvalue weighted by atomic mass is 10.2. The second-order valence-electron chi connectivity index (χ2n) is 5.86. The number of rotatable bonds is 7. The van der Waals surface area contributed by atoms with Crippen LogP contribution in [0.4, 0.5) is 0 Å². The molecule has 2 amide bonds. The van der Waals surface area contributed by atoms with Crippen molar-refractivity contribution in [2.75, 3.05) is 13.7 Å². The first-order chi connectivity index (χ1) is 12.9. The van der Waals surface area contributed by atoms with E-state index in [0.29, 0.717) is 35.2 Å². The highest BCUT2D eigenvalue weighted by Crippen LogP contribution is 2.28. The van der Waals surface area contributed by atoms with Crippen LogP contribution in [0, 0.1) is 13.8 Å². The van der Waals surface area contributed by atoms with Crippen LogP contribution in [0.25, 0.3) is 6.08 Å². The summed E-state index contributed by atoms with van der Waals surface area (Å²) < 4.78 is 16.2. The number of ether oxygens (including phenoxy) is 2. The molecule has 144 valence electrons. The number of nitrogens with one attached hydrogen (secondary N) is 2. The third-order valence-electron chi connectivity index (χ3n) is 3.66. The van der Waals surface area contributed by atoms with E-state index >= 15 is 0 Å². The van der Waals surface area contributed by atoms with E-state index in [4.69, 9.17) is 13.9 Å². The van der Waals surface area contributed by atoms with E-state index < -0.39 is 11.8 Å². The molecule has 0 radical (unpaired) electrons. The van der Waals surface area contributed by atoms with Gasteiger partial charge in [-0.15, -0.1) is 0 Å². The maximum atomic E-state index is 12.0. The molecule has 0 bridgehead atoms. The van der Waals surface area contributed by atoms with Crippen molar-refractivity contribution in [2.24, 2.45) is 0 Å². The first kappa shape index (κ1) is 20.1. The summed E-state index contributed by atoms with van der Waals surface area (Å²) in [6.07, 6.45) is 3.82. The molecule has 1 aromatic carbocycles. The highest BCUT2D eigenvalue weighted by Gasteiger charge is 2.13. The molecule has 0 spiro atoms. The molecule has 0 aliphatic rings. The molecule has 0 fully saturated rings. The molecule has 1 aromatic heterocycles. The molecule has 7 heteroatoms. The van der Waals surface area contributed by atoms with Gasteiger partial charge in [-0.2, -0.15) is 0 Å². The predicted molar refractivity (Wildman–Crippen MR) is 102 cm³/mol. The number of hydrazine groups is 1. The highest BCUT2D eigenvalue weighted by molar-refractivity contribution is 5.98. The summed E-state index contributed by atoms with van der Waals surface area (Å²) in [5.74, 6) is 1.46. The van der Waals surface area contributed by atoms with Crippen LogP contribution >= 0.6 is 0 Å². The van der Waals surface area contributed by atoms with Gasteiger partial charge in [-0.25, -0.2) is 0 Å². The van der Waals surface area contributed by atoms with E-state index in [9.17, 15) is 9.59 Å². The number of carbonyl (C=O) groups excluding carboxylic acids is 2. The third-order valence-corrected chi connectivity index (χ3v) is 3.66. The van der Waals surface area contributed by atoms with Gasteiger partial charge in [-0.3, -0.25) is 20.4 Å². The molecule has 2 N–H and O–H groups in total. The van der Waals surface area contributed by atoms with E-state index in [1.165, 1.54) is 6.08 Å². The minimum Gasteiger partial charge on any atom is -0.493 e. The van der Waals surface area contributed by atoms with Gasteiger partial charge >= 0.3 is 0 Å². The van der Waals surface area contributed by atoms with E-state index in [2.05, 4.69) is 10.9 Å². The summed E-state index contributed by atoms with van der Waals surface area (Å²) in [4.78, 5) is 23.9. The van der Waals surface area contributed by atoms with Gasteiger partial charge in [0.15, 0.2) is 11.5 Å². The Labute approximate surface area is 158 Å². The predicted octanol–water partition coefficient (Wildman–Crippen LogP) is 3.17. The van der Waals surface area contributed by atoms with E-state index in [-0.39, 0.29) is 0 Å². The number of hydrogen-bond acceptors (Lipinski definition) is 5. The zero-order valence-electron chi connectivity index (χ0n) is 15.9. The Morgan fingerprint density at radius 3 is 2.56 bits per heavy atom. The van der Waals surface area contributed by atoms with Crippen LogP contribution in [0.5, 0.6) is 11.5 Å². The second-order valence-corrected chi connectivity index (χ2v) is 5.86. The van der Waals surface area contributed by atoms with Crippen LogP contribution in [0.3, 0.4) is 0 Å². The molecular weight excluding hydrogens is 348 g/mol. The van der Waals surface area contributed by atoms with Crippen molar-refractivity contribution in [1.82, 2.24) is 10.9 Å². The van der Waals surface area contributed by atoms with Crippen LogP contribution in [0.2, 0.25) is 0 Å². The molecule has 0 atom stereocenters. The summed E-state index contributed by atoms with van der Waals surface area (Å²) in [6.45, 7) is 6.06. The van der Waals surface area contributed by atoms with E-state index in [1.807, 2.05) is 13.0 Å². The van der Waals surface area contributed by atoms with Crippen LogP contribution in [-0.2, 0) is 4.79 Å². The summed E-state index contributed by atoms with van der Waals surface area (Å²) in [5, 5.41) is 0. The van der Waals surface area contributed by atoms with Crippen molar-refractivity contribution in [3.63, 3.8) is 0 Å². The summed E-state index contributed by atoms with van der Waals surface area (Å²) in [6, 6.07) is 6.98. The minimum absolute atomic E-state index is 0.379. The van der Waals surface area contributed by atoms with Gasteiger partial charge in [0.1, 0.15) is 11.5 Å². The number of hydrogen-bond donors (Lipinski definition) is 2. The fraction of sp³-hybridized carbons (Fsp3) is 0.300. The van der Waals surface area contributed by atoms with Crippen LogP contribution in [0.1, 0.15) is 40.8 Å².